The van der Waals surface area contributed by atoms with Crippen LogP contribution in [0.4, 0.5) is 23.0 Å². The first kappa shape index (κ1) is 13.6. The van der Waals surface area contributed by atoms with Gasteiger partial charge in [-0.3, -0.25) is 10.1 Å². The van der Waals surface area contributed by atoms with E-state index >= 15 is 0 Å². The second-order valence-corrected chi connectivity index (χ2v) is 4.06. The molecule has 2 rings (SSSR count). The molecule has 7 nitrogen and oxygen atoms in total. The van der Waals surface area contributed by atoms with Crippen LogP contribution >= 0.6 is 0 Å². The summed E-state index contributed by atoms with van der Waals surface area (Å²) in [4.78, 5) is 16.0. The number of pyridine rings is 1. The number of para-hydroxylation sites is 2. The van der Waals surface area contributed by atoms with Crippen molar-refractivity contribution in [3.8, 4) is 5.75 Å². The Bertz CT molecular complexity index is 645. The molecule has 20 heavy (non-hydrogen) atoms. The topological polar surface area (TPSA) is 94.5 Å². The van der Waals surface area contributed by atoms with Crippen LogP contribution < -0.4 is 15.4 Å². The van der Waals surface area contributed by atoms with E-state index < -0.39 is 4.92 Å². The zero-order chi connectivity index (χ0) is 14.7. The lowest BCUT2D eigenvalue weighted by Crippen LogP contribution is -2.13. The summed E-state index contributed by atoms with van der Waals surface area (Å²) < 4.78 is 5.27. The molecule has 2 N–H and O–H groups in total. The molecule has 0 unspecified atom stereocenters. The van der Waals surface area contributed by atoms with Crippen molar-refractivity contribution in [2.24, 2.45) is 0 Å². The van der Waals surface area contributed by atoms with E-state index in [2.05, 4.69) is 4.98 Å². The Balaban J connectivity index is 2.41. The summed E-state index contributed by atoms with van der Waals surface area (Å²) in [5.74, 6) is 1.06. The molecule has 0 aliphatic rings. The predicted molar refractivity (Wildman–Crippen MR) is 76.4 cm³/mol. The van der Waals surface area contributed by atoms with Gasteiger partial charge < -0.3 is 15.4 Å². The summed E-state index contributed by atoms with van der Waals surface area (Å²) in [6.45, 7) is 0. The Morgan fingerprint density at radius 2 is 2.00 bits per heavy atom. The highest BCUT2D eigenvalue weighted by molar-refractivity contribution is 5.68. The fraction of sp³-hybridized carbons (Fsp3) is 0.154. The molecule has 0 spiro atoms. The third kappa shape index (κ3) is 2.46. The second kappa shape index (κ2) is 5.43. The third-order valence-electron chi connectivity index (χ3n) is 2.87. The fourth-order valence-corrected chi connectivity index (χ4v) is 1.83. The third-order valence-corrected chi connectivity index (χ3v) is 2.87. The van der Waals surface area contributed by atoms with Crippen LogP contribution in [0.1, 0.15) is 0 Å². The summed E-state index contributed by atoms with van der Waals surface area (Å²) in [5, 5.41) is 10.7. The number of aromatic nitrogens is 1. The van der Waals surface area contributed by atoms with Gasteiger partial charge >= 0.3 is 5.69 Å². The van der Waals surface area contributed by atoms with Crippen LogP contribution in [0.25, 0.3) is 0 Å². The first-order valence-corrected chi connectivity index (χ1v) is 5.82. The van der Waals surface area contributed by atoms with Gasteiger partial charge in [0.05, 0.1) is 17.7 Å². The molecule has 7 heteroatoms. The highest BCUT2D eigenvalue weighted by Crippen LogP contribution is 2.32. The van der Waals surface area contributed by atoms with Crippen LogP contribution in [0.2, 0.25) is 0 Å². The van der Waals surface area contributed by atoms with E-state index in [4.69, 9.17) is 10.5 Å². The van der Waals surface area contributed by atoms with Crippen LogP contribution in [0, 0.1) is 10.1 Å². The van der Waals surface area contributed by atoms with Crippen LogP contribution in [-0.4, -0.2) is 24.1 Å². The fourth-order valence-electron chi connectivity index (χ4n) is 1.83. The van der Waals surface area contributed by atoms with Crippen LogP contribution in [0.15, 0.2) is 36.4 Å². The number of nitrogen functional groups attached to an aromatic ring is 1. The van der Waals surface area contributed by atoms with Gasteiger partial charge in [-0.25, -0.2) is 4.98 Å². The predicted octanol–water partition coefficient (Wildman–Crippen LogP) is 2.35. The standard InChI is InChI=1S/C13H14N4O3/c1-16(9-5-3-4-6-11(9)20-2)12-8-7-10(17(18)19)13(14)15-12/h3-8H,1-2H3,(H2,14,15). The minimum atomic E-state index is -0.560. The largest absolute Gasteiger partial charge is 0.495 e. The van der Waals surface area contributed by atoms with Crippen LogP contribution in [-0.2, 0) is 0 Å². The molecule has 104 valence electrons. The van der Waals surface area contributed by atoms with E-state index in [1.165, 1.54) is 6.07 Å². The van der Waals surface area contributed by atoms with Crippen molar-refractivity contribution in [2.75, 3.05) is 24.8 Å². The van der Waals surface area contributed by atoms with Crippen molar-refractivity contribution >= 4 is 23.0 Å². The Kier molecular flexibility index (Phi) is 3.69. The number of hydrogen-bond donors (Lipinski definition) is 1. The van der Waals surface area contributed by atoms with Gasteiger partial charge in [0.2, 0.25) is 5.82 Å². The van der Waals surface area contributed by atoms with Gasteiger partial charge in [0.1, 0.15) is 11.6 Å². The van der Waals surface area contributed by atoms with Gasteiger partial charge in [0.15, 0.2) is 0 Å². The zero-order valence-corrected chi connectivity index (χ0v) is 11.1. The van der Waals surface area contributed by atoms with E-state index in [-0.39, 0.29) is 11.5 Å². The van der Waals surface area contributed by atoms with Crippen molar-refractivity contribution in [1.82, 2.24) is 4.98 Å². The smallest absolute Gasteiger partial charge is 0.311 e. The molecule has 0 saturated carbocycles. The molecule has 0 bridgehead atoms. The van der Waals surface area contributed by atoms with Gasteiger partial charge in [0.25, 0.3) is 0 Å². The lowest BCUT2D eigenvalue weighted by Gasteiger charge is -2.20. The van der Waals surface area contributed by atoms with Crippen molar-refractivity contribution in [3.05, 3.63) is 46.5 Å². The van der Waals surface area contributed by atoms with Crippen molar-refractivity contribution < 1.29 is 9.66 Å². The number of methoxy groups -OCH3 is 1. The SMILES string of the molecule is COc1ccccc1N(C)c1ccc([N+](=O)[O-])c(N)n1. The number of nitrogens with zero attached hydrogens (tertiary/aromatic N) is 3. The summed E-state index contributed by atoms with van der Waals surface area (Å²) in [5.41, 5.74) is 6.18. The van der Waals surface area contributed by atoms with Gasteiger partial charge in [-0.1, -0.05) is 12.1 Å². The molecule has 0 fully saturated rings. The Labute approximate surface area is 115 Å². The molecule has 0 radical (unpaired) electrons. The number of rotatable bonds is 4. The average Bonchev–Trinajstić information content (AvgIpc) is 2.45. The van der Waals surface area contributed by atoms with Crippen LogP contribution in [0.5, 0.6) is 5.75 Å². The first-order chi connectivity index (χ1) is 9.54. The first-order valence-electron chi connectivity index (χ1n) is 5.82. The molecule has 1 heterocycles. The molecule has 1 aromatic carbocycles. The van der Waals surface area contributed by atoms with Crippen molar-refractivity contribution in [2.45, 2.75) is 0 Å². The van der Waals surface area contributed by atoms with E-state index in [0.29, 0.717) is 11.6 Å². The maximum absolute atomic E-state index is 10.7. The molecule has 0 amide bonds. The Hall–Kier alpha value is -2.83. The van der Waals surface area contributed by atoms with E-state index in [1.807, 2.05) is 24.3 Å². The minimum Gasteiger partial charge on any atom is -0.495 e. The molecular formula is C13H14N4O3. The minimum absolute atomic E-state index is 0.116. The lowest BCUT2D eigenvalue weighted by molar-refractivity contribution is -0.384. The maximum Gasteiger partial charge on any atom is 0.311 e. The Morgan fingerprint density at radius 3 is 2.60 bits per heavy atom. The number of ether oxygens (including phenoxy) is 1. The van der Waals surface area contributed by atoms with E-state index in [1.54, 1.807) is 25.1 Å². The number of anilines is 3. The van der Waals surface area contributed by atoms with Crippen molar-refractivity contribution in [1.29, 1.82) is 0 Å². The zero-order valence-electron chi connectivity index (χ0n) is 11.1. The Morgan fingerprint density at radius 1 is 1.30 bits per heavy atom. The highest BCUT2D eigenvalue weighted by atomic mass is 16.6. The number of nitro groups is 1. The average molecular weight is 274 g/mol. The van der Waals surface area contributed by atoms with Gasteiger partial charge in [-0.05, 0) is 18.2 Å². The van der Waals surface area contributed by atoms with Crippen molar-refractivity contribution in [3.63, 3.8) is 0 Å². The number of nitrogens with two attached hydrogens (primary N) is 1. The summed E-state index contributed by atoms with van der Waals surface area (Å²) in [6, 6.07) is 10.3. The quantitative estimate of drug-likeness (QED) is 0.679. The highest BCUT2D eigenvalue weighted by Gasteiger charge is 2.16. The lowest BCUT2D eigenvalue weighted by atomic mass is 10.2. The molecule has 1 aromatic heterocycles. The molecule has 0 aliphatic carbocycles. The van der Waals surface area contributed by atoms with E-state index in [9.17, 15) is 10.1 Å². The van der Waals surface area contributed by atoms with E-state index in [0.717, 1.165) is 5.69 Å². The molecule has 0 atom stereocenters. The normalized spacial score (nSPS) is 10.1. The molecule has 0 saturated heterocycles. The van der Waals surface area contributed by atoms with Gasteiger partial charge in [-0.2, -0.15) is 0 Å². The summed E-state index contributed by atoms with van der Waals surface area (Å²) in [7, 11) is 3.36. The molecule has 0 aliphatic heterocycles. The monoisotopic (exact) mass is 274 g/mol. The summed E-state index contributed by atoms with van der Waals surface area (Å²) in [6.07, 6.45) is 0. The maximum atomic E-state index is 10.7. The van der Waals surface area contributed by atoms with Crippen LogP contribution in [0.3, 0.4) is 0 Å². The number of hydrogen-bond acceptors (Lipinski definition) is 6. The number of benzene rings is 1. The molecular weight excluding hydrogens is 260 g/mol. The molecule has 2 aromatic rings. The second-order valence-electron chi connectivity index (χ2n) is 4.06. The van der Waals surface area contributed by atoms with Gasteiger partial charge in [-0.15, -0.1) is 0 Å². The van der Waals surface area contributed by atoms with Gasteiger partial charge in [0, 0.05) is 13.1 Å². The summed E-state index contributed by atoms with van der Waals surface area (Å²) >= 11 is 0.